The van der Waals surface area contributed by atoms with E-state index in [1.165, 1.54) is 0 Å². The zero-order chi connectivity index (χ0) is 9.19. The normalized spacial score (nSPS) is 21.3. The molecular weight excluding hydrogens is 166 g/mol. The van der Waals surface area contributed by atoms with E-state index < -0.39 is 18.0 Å². The van der Waals surface area contributed by atoms with Crippen molar-refractivity contribution in [2.45, 2.75) is 44.6 Å². The molecule has 1 aliphatic rings. The fraction of sp³-hybridized carbons (Fsp3) is 0.875. The largest absolute Gasteiger partial charge is 0.455 e. The van der Waals surface area contributed by atoms with Gasteiger partial charge < -0.3 is 4.74 Å². The van der Waals surface area contributed by atoms with Gasteiger partial charge in [-0.15, -0.1) is 0 Å². The zero-order valence-corrected chi connectivity index (χ0v) is 6.98. The Labute approximate surface area is 69.9 Å². The second-order valence-electron chi connectivity index (χ2n) is 3.38. The molecule has 0 saturated heterocycles. The van der Waals surface area contributed by atoms with E-state index in [-0.39, 0.29) is 0 Å². The molecule has 4 heteroatoms. The first-order chi connectivity index (χ1) is 5.53. The summed E-state index contributed by atoms with van der Waals surface area (Å²) in [5.74, 6) is -1.39. The summed E-state index contributed by atoms with van der Waals surface area (Å²) in [4.78, 5) is 10.5. The summed E-state index contributed by atoms with van der Waals surface area (Å²) < 4.78 is 28.2. The lowest BCUT2D eigenvalue weighted by Gasteiger charge is -2.23. The molecule has 0 N–H and O–H groups in total. The molecule has 0 amide bonds. The molecule has 0 aromatic heterocycles. The van der Waals surface area contributed by atoms with E-state index >= 15 is 0 Å². The average molecular weight is 178 g/mol. The van der Waals surface area contributed by atoms with Crippen molar-refractivity contribution in [1.29, 1.82) is 0 Å². The molecule has 2 nitrogen and oxygen atoms in total. The summed E-state index contributed by atoms with van der Waals surface area (Å²) in [5, 5.41) is 0. The Kier molecular flexibility index (Phi) is 2.65. The summed E-state index contributed by atoms with van der Waals surface area (Å²) in [5.41, 5.74) is -0.631. The van der Waals surface area contributed by atoms with Gasteiger partial charge in [0.05, 0.1) is 0 Å². The maximum atomic E-state index is 11.8. The van der Waals surface area contributed by atoms with E-state index in [4.69, 9.17) is 0 Å². The van der Waals surface area contributed by atoms with Gasteiger partial charge in [0.15, 0.2) is 0 Å². The minimum Gasteiger partial charge on any atom is -0.455 e. The molecule has 1 saturated carbocycles. The van der Waals surface area contributed by atoms with E-state index in [0.717, 1.165) is 12.8 Å². The fourth-order valence-electron chi connectivity index (χ4n) is 1.51. The highest BCUT2D eigenvalue weighted by Crippen LogP contribution is 2.32. The molecular formula is C8H12F2O2. The predicted molar refractivity (Wildman–Crippen MR) is 39.0 cm³/mol. The molecule has 0 aliphatic heterocycles. The SMILES string of the molecule is CC1(OC(=O)C(F)F)CCCC1. The third-order valence-electron chi connectivity index (χ3n) is 2.19. The molecule has 0 atom stereocenters. The van der Waals surface area contributed by atoms with Gasteiger partial charge in [0.25, 0.3) is 0 Å². The predicted octanol–water partition coefficient (Wildman–Crippen LogP) is 2.13. The second kappa shape index (κ2) is 3.37. The maximum absolute atomic E-state index is 11.8. The van der Waals surface area contributed by atoms with Crippen LogP contribution in [0.5, 0.6) is 0 Å². The number of hydrogen-bond donors (Lipinski definition) is 0. The van der Waals surface area contributed by atoms with Crippen LogP contribution in [0.2, 0.25) is 0 Å². The highest BCUT2D eigenvalue weighted by molar-refractivity contribution is 5.73. The molecule has 0 radical (unpaired) electrons. The van der Waals surface area contributed by atoms with Crippen molar-refractivity contribution in [3.63, 3.8) is 0 Å². The summed E-state index contributed by atoms with van der Waals surface area (Å²) in [6, 6.07) is 0. The first kappa shape index (κ1) is 9.42. The molecule has 0 spiro atoms. The Balaban J connectivity index is 2.44. The van der Waals surface area contributed by atoms with Crippen LogP contribution < -0.4 is 0 Å². The van der Waals surface area contributed by atoms with Crippen molar-refractivity contribution in [3.05, 3.63) is 0 Å². The van der Waals surface area contributed by atoms with Crippen LogP contribution in [0.15, 0.2) is 0 Å². The van der Waals surface area contributed by atoms with Crippen LogP contribution in [0.3, 0.4) is 0 Å². The molecule has 70 valence electrons. The van der Waals surface area contributed by atoms with Crippen molar-refractivity contribution in [2.75, 3.05) is 0 Å². The smallest absolute Gasteiger partial charge is 0.374 e. The first-order valence-electron chi connectivity index (χ1n) is 4.04. The van der Waals surface area contributed by atoms with Gasteiger partial charge in [0.2, 0.25) is 0 Å². The third-order valence-corrected chi connectivity index (χ3v) is 2.19. The van der Waals surface area contributed by atoms with Crippen LogP contribution in [-0.2, 0) is 9.53 Å². The number of halogens is 2. The maximum Gasteiger partial charge on any atom is 0.374 e. The van der Waals surface area contributed by atoms with E-state index in [9.17, 15) is 13.6 Å². The van der Waals surface area contributed by atoms with Crippen LogP contribution in [0.4, 0.5) is 8.78 Å². The van der Waals surface area contributed by atoms with Gasteiger partial charge in [-0.3, -0.25) is 0 Å². The monoisotopic (exact) mass is 178 g/mol. The number of ether oxygens (including phenoxy) is 1. The van der Waals surface area contributed by atoms with Crippen LogP contribution in [-0.4, -0.2) is 18.0 Å². The molecule has 0 aromatic rings. The quantitative estimate of drug-likeness (QED) is 0.605. The number of hydrogen-bond acceptors (Lipinski definition) is 2. The van der Waals surface area contributed by atoms with E-state index in [0.29, 0.717) is 12.8 Å². The summed E-state index contributed by atoms with van der Waals surface area (Å²) >= 11 is 0. The molecule has 1 aliphatic carbocycles. The number of esters is 1. The summed E-state index contributed by atoms with van der Waals surface area (Å²) in [7, 11) is 0. The minimum atomic E-state index is -3.00. The van der Waals surface area contributed by atoms with Crippen molar-refractivity contribution in [3.8, 4) is 0 Å². The fourth-order valence-corrected chi connectivity index (χ4v) is 1.51. The summed E-state index contributed by atoms with van der Waals surface area (Å²) in [6.45, 7) is 1.71. The molecule has 0 unspecified atom stereocenters. The standard InChI is InChI=1S/C8H12F2O2/c1-8(4-2-3-5-8)12-7(11)6(9)10/h6H,2-5H2,1H3. The Hall–Kier alpha value is -0.670. The second-order valence-corrected chi connectivity index (χ2v) is 3.38. The van der Waals surface area contributed by atoms with E-state index in [1.807, 2.05) is 0 Å². The van der Waals surface area contributed by atoms with Crippen LogP contribution >= 0.6 is 0 Å². The Bertz CT molecular complexity index is 174. The van der Waals surface area contributed by atoms with Gasteiger partial charge in [-0.2, -0.15) is 8.78 Å². The minimum absolute atomic E-state index is 0.631. The topological polar surface area (TPSA) is 26.3 Å². The zero-order valence-electron chi connectivity index (χ0n) is 6.98. The van der Waals surface area contributed by atoms with Crippen molar-refractivity contribution < 1.29 is 18.3 Å². The molecule has 12 heavy (non-hydrogen) atoms. The molecule has 0 heterocycles. The van der Waals surface area contributed by atoms with Crippen LogP contribution in [0, 0.1) is 0 Å². The Morgan fingerprint density at radius 1 is 1.42 bits per heavy atom. The number of carbonyl (C=O) groups is 1. The lowest BCUT2D eigenvalue weighted by atomic mass is 10.1. The Morgan fingerprint density at radius 2 is 1.92 bits per heavy atom. The van der Waals surface area contributed by atoms with Crippen LogP contribution in [0.1, 0.15) is 32.6 Å². The lowest BCUT2D eigenvalue weighted by molar-refractivity contribution is -0.170. The average Bonchev–Trinajstić information content (AvgIpc) is 2.35. The highest BCUT2D eigenvalue weighted by atomic mass is 19.3. The first-order valence-corrected chi connectivity index (χ1v) is 4.04. The summed E-state index contributed by atoms with van der Waals surface area (Å²) in [6.07, 6.45) is 0.305. The van der Waals surface area contributed by atoms with Crippen LogP contribution in [0.25, 0.3) is 0 Å². The third kappa shape index (κ3) is 2.16. The Morgan fingerprint density at radius 3 is 2.33 bits per heavy atom. The molecule has 0 aromatic carbocycles. The molecule has 1 rings (SSSR count). The number of rotatable bonds is 2. The lowest BCUT2D eigenvalue weighted by Crippen LogP contribution is -2.31. The van der Waals surface area contributed by atoms with E-state index in [2.05, 4.69) is 4.74 Å². The number of carbonyl (C=O) groups excluding carboxylic acids is 1. The van der Waals surface area contributed by atoms with Gasteiger partial charge in [-0.05, 0) is 32.6 Å². The highest BCUT2D eigenvalue weighted by Gasteiger charge is 2.34. The van der Waals surface area contributed by atoms with Gasteiger partial charge in [-0.1, -0.05) is 0 Å². The van der Waals surface area contributed by atoms with Crippen molar-refractivity contribution in [1.82, 2.24) is 0 Å². The molecule has 0 bridgehead atoms. The number of alkyl halides is 2. The van der Waals surface area contributed by atoms with Crippen molar-refractivity contribution in [2.24, 2.45) is 0 Å². The molecule has 1 fully saturated rings. The van der Waals surface area contributed by atoms with Gasteiger partial charge in [0, 0.05) is 0 Å². The van der Waals surface area contributed by atoms with Gasteiger partial charge in [0.1, 0.15) is 5.60 Å². The van der Waals surface area contributed by atoms with E-state index in [1.54, 1.807) is 6.92 Å². The van der Waals surface area contributed by atoms with Gasteiger partial charge >= 0.3 is 12.4 Å². The van der Waals surface area contributed by atoms with Crippen molar-refractivity contribution >= 4 is 5.97 Å². The van der Waals surface area contributed by atoms with Gasteiger partial charge in [-0.25, -0.2) is 4.79 Å².